The van der Waals surface area contributed by atoms with Crippen molar-refractivity contribution in [1.82, 2.24) is 4.90 Å². The molecule has 1 heterocycles. The molecule has 1 aliphatic carbocycles. The number of likely N-dealkylation sites (tertiary alicyclic amines) is 1. The normalized spacial score (nSPS) is 21.5. The van der Waals surface area contributed by atoms with E-state index in [-0.39, 0.29) is 0 Å². The Morgan fingerprint density at radius 3 is 2.19 bits per heavy atom. The molecule has 0 bridgehead atoms. The van der Waals surface area contributed by atoms with Gasteiger partial charge in [-0.1, -0.05) is 48.5 Å². The molecule has 0 aromatic heterocycles. The van der Waals surface area contributed by atoms with Gasteiger partial charge < -0.3 is 5.11 Å². The van der Waals surface area contributed by atoms with Crippen molar-refractivity contribution in [2.75, 3.05) is 19.7 Å². The third-order valence-electron chi connectivity index (χ3n) is 5.02. The van der Waals surface area contributed by atoms with Gasteiger partial charge in [0.15, 0.2) is 0 Å². The molecule has 1 aliphatic heterocycles. The standard InChI is InChI=1S/C19H21NO/c21-12-10-14-9-11-20(13-14)19-17-7-3-1-5-15(17)16-6-2-4-8-18(16)19/h1-8,14,19,21H,9-13H2. The van der Waals surface area contributed by atoms with E-state index < -0.39 is 0 Å². The first-order valence-electron chi connectivity index (χ1n) is 7.91. The van der Waals surface area contributed by atoms with Gasteiger partial charge in [-0.3, -0.25) is 4.90 Å². The lowest BCUT2D eigenvalue weighted by Gasteiger charge is -2.26. The molecule has 4 rings (SSSR count). The Balaban J connectivity index is 1.72. The highest BCUT2D eigenvalue weighted by atomic mass is 16.3. The summed E-state index contributed by atoms with van der Waals surface area (Å²) in [6.45, 7) is 2.56. The summed E-state index contributed by atoms with van der Waals surface area (Å²) in [5.41, 5.74) is 5.68. The van der Waals surface area contributed by atoms with E-state index in [2.05, 4.69) is 53.4 Å². The first kappa shape index (κ1) is 13.1. The molecule has 2 aromatic rings. The van der Waals surface area contributed by atoms with Crippen LogP contribution in [0.2, 0.25) is 0 Å². The summed E-state index contributed by atoms with van der Waals surface area (Å²) < 4.78 is 0. The maximum atomic E-state index is 9.18. The van der Waals surface area contributed by atoms with E-state index >= 15 is 0 Å². The number of aliphatic hydroxyl groups excluding tert-OH is 1. The van der Waals surface area contributed by atoms with Crippen LogP contribution in [0.25, 0.3) is 11.1 Å². The van der Waals surface area contributed by atoms with Gasteiger partial charge in [-0.05, 0) is 47.6 Å². The monoisotopic (exact) mass is 279 g/mol. The lowest BCUT2D eigenvalue weighted by molar-refractivity contribution is 0.238. The van der Waals surface area contributed by atoms with Crippen LogP contribution < -0.4 is 0 Å². The van der Waals surface area contributed by atoms with E-state index in [0.717, 1.165) is 19.5 Å². The Morgan fingerprint density at radius 2 is 1.57 bits per heavy atom. The molecule has 1 atom stereocenters. The van der Waals surface area contributed by atoms with Crippen LogP contribution >= 0.6 is 0 Å². The van der Waals surface area contributed by atoms with Crippen LogP contribution in [0.5, 0.6) is 0 Å². The molecule has 21 heavy (non-hydrogen) atoms. The minimum atomic E-state index is 0.316. The Labute approximate surface area is 126 Å². The average molecular weight is 279 g/mol. The Hall–Kier alpha value is -1.64. The van der Waals surface area contributed by atoms with Gasteiger partial charge in [0.2, 0.25) is 0 Å². The highest BCUT2D eigenvalue weighted by molar-refractivity contribution is 5.78. The molecule has 1 N–H and O–H groups in total. The topological polar surface area (TPSA) is 23.5 Å². The second-order valence-corrected chi connectivity index (χ2v) is 6.24. The number of rotatable bonds is 3. The predicted octanol–water partition coefficient (Wildman–Crippen LogP) is 3.46. The van der Waals surface area contributed by atoms with E-state index in [0.29, 0.717) is 18.6 Å². The molecular formula is C19H21NO. The SMILES string of the molecule is OCCC1CCN(C2c3ccccc3-c3ccccc32)C1. The van der Waals surface area contributed by atoms with E-state index in [1.54, 1.807) is 0 Å². The smallest absolute Gasteiger partial charge is 0.0614 e. The van der Waals surface area contributed by atoms with Crippen molar-refractivity contribution < 1.29 is 5.11 Å². The van der Waals surface area contributed by atoms with Crippen molar-refractivity contribution >= 4 is 0 Å². The molecule has 0 radical (unpaired) electrons. The number of hydrogen-bond acceptors (Lipinski definition) is 2. The molecule has 2 heteroatoms. The highest BCUT2D eigenvalue weighted by Gasteiger charge is 2.35. The fourth-order valence-corrected chi connectivity index (χ4v) is 4.04. The molecule has 1 fully saturated rings. The third kappa shape index (κ3) is 2.10. The van der Waals surface area contributed by atoms with Gasteiger partial charge in [-0.25, -0.2) is 0 Å². The van der Waals surface area contributed by atoms with Gasteiger partial charge in [0, 0.05) is 13.2 Å². The molecule has 108 valence electrons. The zero-order chi connectivity index (χ0) is 14.2. The van der Waals surface area contributed by atoms with E-state index in [4.69, 9.17) is 0 Å². The predicted molar refractivity (Wildman–Crippen MR) is 85.1 cm³/mol. The summed E-state index contributed by atoms with van der Waals surface area (Å²) in [6.07, 6.45) is 2.15. The Morgan fingerprint density at radius 1 is 0.952 bits per heavy atom. The van der Waals surface area contributed by atoms with E-state index in [1.165, 1.54) is 28.7 Å². The van der Waals surface area contributed by atoms with Crippen LogP contribution in [0, 0.1) is 5.92 Å². The van der Waals surface area contributed by atoms with E-state index in [9.17, 15) is 5.11 Å². The fraction of sp³-hybridized carbons (Fsp3) is 0.368. The van der Waals surface area contributed by atoms with Crippen LogP contribution in [0.3, 0.4) is 0 Å². The van der Waals surface area contributed by atoms with Crippen LogP contribution in [0.1, 0.15) is 30.0 Å². The minimum absolute atomic E-state index is 0.316. The molecule has 1 unspecified atom stereocenters. The van der Waals surface area contributed by atoms with Crippen LogP contribution in [-0.2, 0) is 0 Å². The van der Waals surface area contributed by atoms with Gasteiger partial charge in [-0.2, -0.15) is 0 Å². The number of fused-ring (bicyclic) bond motifs is 3. The first-order valence-corrected chi connectivity index (χ1v) is 7.91. The molecule has 2 nitrogen and oxygen atoms in total. The maximum Gasteiger partial charge on any atom is 0.0614 e. The van der Waals surface area contributed by atoms with Crippen LogP contribution in [0.4, 0.5) is 0 Å². The second-order valence-electron chi connectivity index (χ2n) is 6.24. The maximum absolute atomic E-state index is 9.18. The Kier molecular flexibility index (Phi) is 3.28. The van der Waals surface area contributed by atoms with Crippen molar-refractivity contribution in [2.24, 2.45) is 5.92 Å². The molecule has 0 amide bonds. The first-order chi connectivity index (χ1) is 10.4. The summed E-state index contributed by atoms with van der Waals surface area (Å²) >= 11 is 0. The number of aliphatic hydroxyl groups is 1. The quantitative estimate of drug-likeness (QED) is 0.930. The van der Waals surface area contributed by atoms with Crippen molar-refractivity contribution in [3.8, 4) is 11.1 Å². The van der Waals surface area contributed by atoms with Crippen molar-refractivity contribution in [3.05, 3.63) is 59.7 Å². The lowest BCUT2D eigenvalue weighted by atomic mass is 10.0. The van der Waals surface area contributed by atoms with Gasteiger partial charge in [0.1, 0.15) is 0 Å². The summed E-state index contributed by atoms with van der Waals surface area (Å²) in [5.74, 6) is 0.648. The fourth-order valence-electron chi connectivity index (χ4n) is 4.04. The summed E-state index contributed by atoms with van der Waals surface area (Å²) in [6, 6.07) is 18.0. The number of hydrogen-bond donors (Lipinski definition) is 1. The van der Waals surface area contributed by atoms with Crippen molar-refractivity contribution in [3.63, 3.8) is 0 Å². The second kappa shape index (κ2) is 5.28. The lowest BCUT2D eigenvalue weighted by Crippen LogP contribution is -2.26. The largest absolute Gasteiger partial charge is 0.396 e. The molecule has 2 aromatic carbocycles. The highest BCUT2D eigenvalue weighted by Crippen LogP contribution is 2.47. The van der Waals surface area contributed by atoms with Crippen molar-refractivity contribution in [1.29, 1.82) is 0 Å². The van der Waals surface area contributed by atoms with Crippen LogP contribution in [-0.4, -0.2) is 29.7 Å². The molecule has 0 saturated carbocycles. The number of nitrogens with zero attached hydrogens (tertiary/aromatic N) is 1. The summed E-state index contributed by atoms with van der Waals surface area (Å²) in [4.78, 5) is 2.60. The average Bonchev–Trinajstić information content (AvgIpc) is 3.10. The van der Waals surface area contributed by atoms with Crippen LogP contribution in [0.15, 0.2) is 48.5 Å². The molecule has 0 spiro atoms. The molecular weight excluding hydrogens is 258 g/mol. The molecule has 1 saturated heterocycles. The number of benzene rings is 2. The zero-order valence-corrected chi connectivity index (χ0v) is 12.2. The summed E-state index contributed by atoms with van der Waals surface area (Å²) in [7, 11) is 0. The van der Waals surface area contributed by atoms with Gasteiger partial charge in [0.25, 0.3) is 0 Å². The van der Waals surface area contributed by atoms with Gasteiger partial charge in [-0.15, -0.1) is 0 Å². The minimum Gasteiger partial charge on any atom is -0.396 e. The van der Waals surface area contributed by atoms with Gasteiger partial charge >= 0.3 is 0 Å². The molecule has 2 aliphatic rings. The Bertz CT molecular complexity index is 606. The zero-order valence-electron chi connectivity index (χ0n) is 12.2. The third-order valence-corrected chi connectivity index (χ3v) is 5.02. The van der Waals surface area contributed by atoms with E-state index in [1.807, 2.05) is 0 Å². The van der Waals surface area contributed by atoms with Gasteiger partial charge in [0.05, 0.1) is 6.04 Å². The van der Waals surface area contributed by atoms with Crippen molar-refractivity contribution in [2.45, 2.75) is 18.9 Å². The summed E-state index contributed by atoms with van der Waals surface area (Å²) in [5, 5.41) is 9.18.